The molecule has 7 nitrogen and oxygen atoms in total. The molecule has 0 radical (unpaired) electrons. The smallest absolute Gasteiger partial charge is 0.261 e. The van der Waals surface area contributed by atoms with Crippen LogP contribution in [0.2, 0.25) is 5.02 Å². The predicted molar refractivity (Wildman–Crippen MR) is 122 cm³/mol. The lowest BCUT2D eigenvalue weighted by Crippen LogP contribution is -2.50. The van der Waals surface area contributed by atoms with Crippen LogP contribution in [0.1, 0.15) is 37.6 Å². The minimum Gasteiger partial charge on any atom is -0.380 e. The van der Waals surface area contributed by atoms with E-state index in [1.54, 1.807) is 13.0 Å². The minimum atomic E-state index is -0.435. The summed E-state index contributed by atoms with van der Waals surface area (Å²) in [4.78, 5) is 11.5. The van der Waals surface area contributed by atoms with Gasteiger partial charge in [-0.2, -0.15) is 4.98 Å². The SMILES string of the molecule is Cc1noc(-c2c(N3CC[C@@H](N[C@H]4CCOC4)C[C@H]3C)nc3c(F)cc(Cl)cc3c2C)n1. The number of halogens is 2. The zero-order valence-electron chi connectivity index (χ0n) is 18.5. The average molecular weight is 460 g/mol. The van der Waals surface area contributed by atoms with E-state index < -0.39 is 5.82 Å². The Kier molecular flexibility index (Phi) is 5.77. The highest BCUT2D eigenvalue weighted by atomic mass is 35.5. The molecule has 2 aliphatic heterocycles. The molecule has 0 saturated carbocycles. The van der Waals surface area contributed by atoms with Crippen LogP contribution in [0.25, 0.3) is 22.4 Å². The third-order valence-corrected chi connectivity index (χ3v) is 6.76. The lowest BCUT2D eigenvalue weighted by atomic mass is 9.95. The first-order chi connectivity index (χ1) is 15.4. The van der Waals surface area contributed by atoms with E-state index in [2.05, 4.69) is 27.3 Å². The van der Waals surface area contributed by atoms with Crippen LogP contribution in [0, 0.1) is 19.7 Å². The Hall–Kier alpha value is -2.29. The minimum absolute atomic E-state index is 0.200. The van der Waals surface area contributed by atoms with Crippen molar-refractivity contribution in [1.29, 1.82) is 0 Å². The number of fused-ring (bicyclic) bond motifs is 1. The normalized spacial score (nSPS) is 23.9. The third-order valence-electron chi connectivity index (χ3n) is 6.54. The maximum absolute atomic E-state index is 14.9. The number of hydrogen-bond donors (Lipinski definition) is 1. The Morgan fingerprint density at radius 2 is 2.03 bits per heavy atom. The lowest BCUT2D eigenvalue weighted by Gasteiger charge is -2.40. The Balaban J connectivity index is 1.55. The van der Waals surface area contributed by atoms with Crippen molar-refractivity contribution in [2.45, 2.75) is 58.2 Å². The summed E-state index contributed by atoms with van der Waals surface area (Å²) < 4.78 is 25.9. The molecule has 3 aromatic rings. The fraction of sp³-hybridized carbons (Fsp3) is 0.522. The second-order valence-electron chi connectivity index (χ2n) is 8.86. The van der Waals surface area contributed by atoms with Gasteiger partial charge < -0.3 is 19.5 Å². The summed E-state index contributed by atoms with van der Waals surface area (Å²) in [6.45, 7) is 8.29. The van der Waals surface area contributed by atoms with Gasteiger partial charge in [0.2, 0.25) is 0 Å². The summed E-state index contributed by atoms with van der Waals surface area (Å²) in [5.41, 5.74) is 1.87. The van der Waals surface area contributed by atoms with Gasteiger partial charge in [-0.25, -0.2) is 9.37 Å². The quantitative estimate of drug-likeness (QED) is 0.618. The van der Waals surface area contributed by atoms with E-state index in [-0.39, 0.29) is 6.04 Å². The molecular formula is C23H27ClFN5O2. The van der Waals surface area contributed by atoms with Gasteiger partial charge in [0.05, 0.1) is 12.2 Å². The lowest BCUT2D eigenvalue weighted by molar-refractivity contribution is 0.185. The maximum Gasteiger partial charge on any atom is 0.261 e. The fourth-order valence-electron chi connectivity index (χ4n) is 4.93. The zero-order valence-corrected chi connectivity index (χ0v) is 19.2. The molecule has 170 valence electrons. The molecule has 2 saturated heterocycles. The average Bonchev–Trinajstić information content (AvgIpc) is 3.40. The molecule has 9 heteroatoms. The fourth-order valence-corrected chi connectivity index (χ4v) is 5.13. The highest BCUT2D eigenvalue weighted by Gasteiger charge is 2.32. The number of rotatable bonds is 4. The van der Waals surface area contributed by atoms with E-state index in [9.17, 15) is 4.39 Å². The van der Waals surface area contributed by atoms with Crippen LogP contribution in [-0.2, 0) is 4.74 Å². The largest absolute Gasteiger partial charge is 0.380 e. The summed E-state index contributed by atoms with van der Waals surface area (Å²) in [5, 5.41) is 8.69. The summed E-state index contributed by atoms with van der Waals surface area (Å²) in [6.07, 6.45) is 2.98. The van der Waals surface area contributed by atoms with E-state index in [1.165, 1.54) is 6.07 Å². The van der Waals surface area contributed by atoms with Crippen LogP contribution in [0.4, 0.5) is 10.2 Å². The van der Waals surface area contributed by atoms with Crippen molar-refractivity contribution >= 4 is 28.3 Å². The monoisotopic (exact) mass is 459 g/mol. The molecule has 0 aliphatic carbocycles. The number of piperidine rings is 1. The van der Waals surface area contributed by atoms with Crippen LogP contribution in [0.15, 0.2) is 16.7 Å². The van der Waals surface area contributed by atoms with Crippen LogP contribution >= 0.6 is 11.6 Å². The van der Waals surface area contributed by atoms with Crippen LogP contribution in [0.3, 0.4) is 0 Å². The first kappa shape index (κ1) is 21.6. The van der Waals surface area contributed by atoms with Gasteiger partial charge in [0.15, 0.2) is 11.6 Å². The molecule has 2 aliphatic rings. The Bertz CT molecular complexity index is 1150. The summed E-state index contributed by atoms with van der Waals surface area (Å²) in [6, 6.07) is 4.09. The second-order valence-corrected chi connectivity index (χ2v) is 9.29. The van der Waals surface area contributed by atoms with Gasteiger partial charge in [-0.15, -0.1) is 0 Å². The number of hydrogen-bond acceptors (Lipinski definition) is 7. The van der Waals surface area contributed by atoms with Gasteiger partial charge in [-0.1, -0.05) is 16.8 Å². The van der Waals surface area contributed by atoms with E-state index >= 15 is 0 Å². The molecule has 0 spiro atoms. The van der Waals surface area contributed by atoms with E-state index in [0.29, 0.717) is 45.5 Å². The number of aryl methyl sites for hydroxylation is 2. The molecule has 5 rings (SSSR count). The van der Waals surface area contributed by atoms with E-state index in [1.807, 2.05) is 6.92 Å². The molecule has 2 fully saturated rings. The molecule has 0 unspecified atom stereocenters. The van der Waals surface area contributed by atoms with Gasteiger partial charge in [0.25, 0.3) is 5.89 Å². The van der Waals surface area contributed by atoms with Crippen molar-refractivity contribution < 1.29 is 13.7 Å². The molecule has 4 heterocycles. The number of ether oxygens (including phenoxy) is 1. The van der Waals surface area contributed by atoms with Crippen molar-refractivity contribution in [2.75, 3.05) is 24.7 Å². The maximum atomic E-state index is 14.9. The third kappa shape index (κ3) is 3.95. The molecule has 1 N–H and O–H groups in total. The predicted octanol–water partition coefficient (Wildman–Crippen LogP) is 4.43. The summed E-state index contributed by atoms with van der Waals surface area (Å²) >= 11 is 6.15. The van der Waals surface area contributed by atoms with Crippen LogP contribution in [0.5, 0.6) is 0 Å². The van der Waals surface area contributed by atoms with Crippen molar-refractivity contribution in [3.8, 4) is 11.5 Å². The first-order valence-electron chi connectivity index (χ1n) is 11.1. The molecule has 0 bridgehead atoms. The molecule has 32 heavy (non-hydrogen) atoms. The van der Waals surface area contributed by atoms with Gasteiger partial charge in [0.1, 0.15) is 11.3 Å². The standard InChI is InChI=1S/C23H27ClFN5O2/c1-12-8-16(27-17-5-7-31-11-17)4-6-30(12)22-20(23-26-14(3)29-32-23)13(2)18-9-15(24)10-19(25)21(18)28-22/h9-10,12,16-17,27H,4-8,11H2,1-3H3/t12-,16-,17+/m1/s1. The molecular weight excluding hydrogens is 433 g/mol. The number of benzene rings is 1. The van der Waals surface area contributed by atoms with Crippen molar-refractivity contribution in [2.24, 2.45) is 0 Å². The molecule has 2 aromatic heterocycles. The van der Waals surface area contributed by atoms with Crippen molar-refractivity contribution in [1.82, 2.24) is 20.4 Å². The van der Waals surface area contributed by atoms with Gasteiger partial charge in [-0.05, 0) is 57.7 Å². The van der Waals surface area contributed by atoms with E-state index in [0.717, 1.165) is 50.1 Å². The van der Waals surface area contributed by atoms with Crippen molar-refractivity contribution in [3.05, 3.63) is 34.4 Å². The van der Waals surface area contributed by atoms with E-state index in [4.69, 9.17) is 25.8 Å². The first-order valence-corrected chi connectivity index (χ1v) is 11.5. The number of anilines is 1. The Morgan fingerprint density at radius 1 is 1.19 bits per heavy atom. The van der Waals surface area contributed by atoms with Gasteiger partial charge in [-0.3, -0.25) is 0 Å². The molecule has 0 amide bonds. The molecule has 1 aromatic carbocycles. The van der Waals surface area contributed by atoms with Crippen LogP contribution in [-0.4, -0.2) is 53.0 Å². The number of nitrogens with one attached hydrogen (secondary N) is 1. The zero-order chi connectivity index (χ0) is 22.4. The number of nitrogens with zero attached hydrogens (tertiary/aromatic N) is 4. The highest BCUT2D eigenvalue weighted by Crippen LogP contribution is 2.39. The summed E-state index contributed by atoms with van der Waals surface area (Å²) in [5.74, 6) is 1.17. The summed E-state index contributed by atoms with van der Waals surface area (Å²) in [7, 11) is 0. The van der Waals surface area contributed by atoms with Crippen LogP contribution < -0.4 is 10.2 Å². The Labute approximate surface area is 191 Å². The van der Waals surface area contributed by atoms with Crippen molar-refractivity contribution in [3.63, 3.8) is 0 Å². The number of aromatic nitrogens is 3. The van der Waals surface area contributed by atoms with Gasteiger partial charge in [0, 0.05) is 41.7 Å². The van der Waals surface area contributed by atoms with Gasteiger partial charge >= 0.3 is 0 Å². The molecule has 3 atom stereocenters. The topological polar surface area (TPSA) is 76.3 Å². The number of pyridine rings is 1. The second kappa shape index (κ2) is 8.57. The highest BCUT2D eigenvalue weighted by molar-refractivity contribution is 6.31. The Morgan fingerprint density at radius 3 is 2.72 bits per heavy atom.